The van der Waals surface area contributed by atoms with Crippen LogP contribution in [0.1, 0.15) is 36.0 Å². The molecule has 1 fully saturated rings. The molecule has 1 N–H and O–H groups in total. The number of amides is 1. The molecule has 110 valence electrons. The number of benzene rings is 1. The molecule has 0 atom stereocenters. The van der Waals surface area contributed by atoms with E-state index in [4.69, 9.17) is 16.3 Å². The largest absolute Gasteiger partial charge is 0.381 e. The molecule has 20 heavy (non-hydrogen) atoms. The number of hydrogen-bond donors (Lipinski definition) is 1. The van der Waals surface area contributed by atoms with E-state index >= 15 is 0 Å². The van der Waals surface area contributed by atoms with Gasteiger partial charge in [0.05, 0.1) is 10.6 Å². The smallest absolute Gasteiger partial charge is 0.255 e. The molecule has 2 rings (SSSR count). The monoisotopic (exact) mass is 299 g/mol. The number of hydrogen-bond acceptors (Lipinski definition) is 2. The summed E-state index contributed by atoms with van der Waals surface area (Å²) in [6.07, 6.45) is 4.14. The van der Waals surface area contributed by atoms with E-state index in [1.54, 1.807) is 0 Å². The molecular formula is C15H19ClFNO2. The van der Waals surface area contributed by atoms with Crippen molar-refractivity contribution in [2.75, 3.05) is 19.8 Å². The van der Waals surface area contributed by atoms with Crippen LogP contribution in [0.25, 0.3) is 0 Å². The zero-order valence-electron chi connectivity index (χ0n) is 11.3. The standard InChI is InChI=1S/C15H19ClFNO2/c16-12-4-1-5-13(17)14(12)15(19)18-8-2-3-11-6-9-20-10-7-11/h1,4-5,11H,2-3,6-10H2,(H,18,19). The maximum atomic E-state index is 13.5. The van der Waals surface area contributed by atoms with E-state index in [2.05, 4.69) is 5.32 Å². The zero-order chi connectivity index (χ0) is 14.4. The molecule has 1 amide bonds. The van der Waals surface area contributed by atoms with E-state index in [0.29, 0.717) is 12.5 Å². The predicted octanol–water partition coefficient (Wildman–Crippen LogP) is 3.42. The molecule has 1 saturated heterocycles. The van der Waals surface area contributed by atoms with Gasteiger partial charge in [-0.2, -0.15) is 0 Å². The highest BCUT2D eigenvalue weighted by molar-refractivity contribution is 6.33. The minimum absolute atomic E-state index is 0.0692. The molecule has 1 aliphatic heterocycles. The molecule has 0 spiro atoms. The Morgan fingerprint density at radius 1 is 1.40 bits per heavy atom. The van der Waals surface area contributed by atoms with Gasteiger partial charge in [0.2, 0.25) is 0 Å². The van der Waals surface area contributed by atoms with Crippen LogP contribution in [-0.2, 0) is 4.74 Å². The van der Waals surface area contributed by atoms with Crippen molar-refractivity contribution in [3.05, 3.63) is 34.6 Å². The van der Waals surface area contributed by atoms with Crippen molar-refractivity contribution in [3.63, 3.8) is 0 Å². The fourth-order valence-electron chi connectivity index (χ4n) is 2.43. The lowest BCUT2D eigenvalue weighted by Crippen LogP contribution is -2.26. The van der Waals surface area contributed by atoms with Crippen LogP contribution in [0, 0.1) is 11.7 Å². The van der Waals surface area contributed by atoms with Gasteiger partial charge in [0.15, 0.2) is 0 Å². The highest BCUT2D eigenvalue weighted by atomic mass is 35.5. The van der Waals surface area contributed by atoms with Crippen LogP contribution in [-0.4, -0.2) is 25.7 Å². The van der Waals surface area contributed by atoms with Gasteiger partial charge in [-0.25, -0.2) is 4.39 Å². The van der Waals surface area contributed by atoms with Crippen molar-refractivity contribution in [1.29, 1.82) is 0 Å². The summed E-state index contributed by atoms with van der Waals surface area (Å²) < 4.78 is 18.8. The van der Waals surface area contributed by atoms with Gasteiger partial charge in [-0.3, -0.25) is 4.79 Å². The van der Waals surface area contributed by atoms with E-state index in [0.717, 1.165) is 38.9 Å². The second-order valence-electron chi connectivity index (χ2n) is 5.05. The van der Waals surface area contributed by atoms with Crippen LogP contribution in [0.3, 0.4) is 0 Å². The molecule has 1 aromatic carbocycles. The summed E-state index contributed by atoms with van der Waals surface area (Å²) in [4.78, 5) is 11.9. The average Bonchev–Trinajstić information content (AvgIpc) is 2.44. The molecule has 5 heteroatoms. The third-order valence-electron chi connectivity index (χ3n) is 3.61. The molecule has 1 aromatic rings. The van der Waals surface area contributed by atoms with Crippen LogP contribution < -0.4 is 5.32 Å². The Morgan fingerprint density at radius 3 is 2.85 bits per heavy atom. The van der Waals surface area contributed by atoms with Crippen molar-refractivity contribution in [3.8, 4) is 0 Å². The molecule has 0 aliphatic carbocycles. The molecule has 0 bridgehead atoms. The Balaban J connectivity index is 1.75. The van der Waals surface area contributed by atoms with Gasteiger partial charge >= 0.3 is 0 Å². The number of nitrogens with one attached hydrogen (secondary N) is 1. The summed E-state index contributed by atoms with van der Waals surface area (Å²) in [5.41, 5.74) is -0.0692. The number of halogens is 2. The molecule has 0 saturated carbocycles. The molecule has 0 aromatic heterocycles. The summed E-state index contributed by atoms with van der Waals surface area (Å²) >= 11 is 5.84. The minimum Gasteiger partial charge on any atom is -0.381 e. The Hall–Kier alpha value is -1.13. The van der Waals surface area contributed by atoms with E-state index in [1.807, 2.05) is 0 Å². The molecule has 3 nitrogen and oxygen atoms in total. The van der Waals surface area contributed by atoms with Crippen molar-refractivity contribution < 1.29 is 13.9 Å². The lowest BCUT2D eigenvalue weighted by molar-refractivity contribution is 0.0631. The van der Waals surface area contributed by atoms with Gasteiger partial charge in [-0.05, 0) is 43.7 Å². The Kier molecular flexibility index (Phi) is 5.80. The fourth-order valence-corrected chi connectivity index (χ4v) is 2.68. The normalized spacial score (nSPS) is 16.1. The second-order valence-corrected chi connectivity index (χ2v) is 5.46. The van der Waals surface area contributed by atoms with Crippen LogP contribution in [0.4, 0.5) is 4.39 Å². The summed E-state index contributed by atoms with van der Waals surface area (Å²) in [5.74, 6) is -0.350. The lowest BCUT2D eigenvalue weighted by atomic mass is 9.95. The van der Waals surface area contributed by atoms with Gasteiger partial charge in [0, 0.05) is 19.8 Å². The van der Waals surface area contributed by atoms with Gasteiger partial charge < -0.3 is 10.1 Å². The van der Waals surface area contributed by atoms with Crippen LogP contribution >= 0.6 is 11.6 Å². The highest BCUT2D eigenvalue weighted by Gasteiger charge is 2.16. The van der Waals surface area contributed by atoms with Gasteiger partial charge in [0.1, 0.15) is 5.82 Å². The summed E-state index contributed by atoms with van der Waals surface area (Å²) in [5, 5.41) is 2.87. The molecule has 0 unspecified atom stereocenters. The first-order chi connectivity index (χ1) is 9.68. The molecule has 0 radical (unpaired) electrons. The summed E-state index contributed by atoms with van der Waals surface area (Å²) in [7, 11) is 0. The topological polar surface area (TPSA) is 38.3 Å². The fraction of sp³-hybridized carbons (Fsp3) is 0.533. The van der Waals surface area contributed by atoms with Gasteiger partial charge in [0.25, 0.3) is 5.91 Å². The van der Waals surface area contributed by atoms with E-state index in [-0.39, 0.29) is 10.6 Å². The first kappa shape index (κ1) is 15.3. The predicted molar refractivity (Wildman–Crippen MR) is 76.5 cm³/mol. The van der Waals surface area contributed by atoms with Crippen molar-refractivity contribution >= 4 is 17.5 Å². The minimum atomic E-state index is -0.584. The molecule has 1 heterocycles. The van der Waals surface area contributed by atoms with Gasteiger partial charge in [-0.15, -0.1) is 0 Å². The highest BCUT2D eigenvalue weighted by Crippen LogP contribution is 2.20. The second kappa shape index (κ2) is 7.60. The molecule has 1 aliphatic rings. The van der Waals surface area contributed by atoms with Crippen molar-refractivity contribution in [2.24, 2.45) is 5.92 Å². The zero-order valence-corrected chi connectivity index (χ0v) is 12.1. The quantitative estimate of drug-likeness (QED) is 0.846. The number of ether oxygens (including phenoxy) is 1. The third kappa shape index (κ3) is 4.18. The number of rotatable bonds is 5. The van der Waals surface area contributed by atoms with Crippen LogP contribution in [0.2, 0.25) is 5.02 Å². The van der Waals surface area contributed by atoms with E-state index < -0.39 is 11.7 Å². The average molecular weight is 300 g/mol. The van der Waals surface area contributed by atoms with Gasteiger partial charge in [-0.1, -0.05) is 17.7 Å². The Labute approximate surface area is 123 Å². The summed E-state index contributed by atoms with van der Waals surface area (Å²) in [6.45, 7) is 2.21. The van der Waals surface area contributed by atoms with Crippen molar-refractivity contribution in [1.82, 2.24) is 5.32 Å². The maximum Gasteiger partial charge on any atom is 0.255 e. The first-order valence-electron chi connectivity index (χ1n) is 6.98. The SMILES string of the molecule is O=C(NCCCC1CCOCC1)c1c(F)cccc1Cl. The number of carbonyl (C=O) groups excluding carboxylic acids is 1. The van der Waals surface area contributed by atoms with E-state index in [9.17, 15) is 9.18 Å². The Bertz CT molecular complexity index is 441. The van der Waals surface area contributed by atoms with Crippen molar-refractivity contribution in [2.45, 2.75) is 25.7 Å². The van der Waals surface area contributed by atoms with E-state index in [1.165, 1.54) is 18.2 Å². The number of carbonyl (C=O) groups is 1. The molecular weight excluding hydrogens is 281 g/mol. The Morgan fingerprint density at radius 2 is 2.15 bits per heavy atom. The summed E-state index contributed by atoms with van der Waals surface area (Å²) in [6, 6.07) is 4.24. The van der Waals surface area contributed by atoms with Crippen LogP contribution in [0.5, 0.6) is 0 Å². The van der Waals surface area contributed by atoms with Crippen LogP contribution in [0.15, 0.2) is 18.2 Å². The third-order valence-corrected chi connectivity index (χ3v) is 3.92. The maximum absolute atomic E-state index is 13.5. The lowest BCUT2D eigenvalue weighted by Gasteiger charge is -2.21. The first-order valence-corrected chi connectivity index (χ1v) is 7.36.